The zero-order valence-corrected chi connectivity index (χ0v) is 19.1. The maximum Gasteiger partial charge on any atom is 0.251 e. The number of nitrogens with one attached hydrogen (secondary N) is 2. The van der Waals surface area contributed by atoms with Gasteiger partial charge in [-0.05, 0) is 61.9 Å². The maximum atomic E-state index is 13.3. The SMILES string of the molecule is CCOc1ccc(C(=O)NCC(=O)Nc2cccc(COc3cccc(F)c3)c2)cc1OCC. The van der Waals surface area contributed by atoms with Crippen LogP contribution in [0.25, 0.3) is 0 Å². The maximum absolute atomic E-state index is 13.3. The monoisotopic (exact) mass is 466 g/mol. The molecule has 0 atom stereocenters. The van der Waals surface area contributed by atoms with Gasteiger partial charge in [-0.15, -0.1) is 0 Å². The van der Waals surface area contributed by atoms with Crippen LogP contribution in [0.15, 0.2) is 66.7 Å². The molecule has 8 heteroatoms. The van der Waals surface area contributed by atoms with Crippen LogP contribution in [-0.2, 0) is 11.4 Å². The molecular weight excluding hydrogens is 439 g/mol. The highest BCUT2D eigenvalue weighted by Crippen LogP contribution is 2.28. The number of carbonyl (C=O) groups excluding carboxylic acids is 2. The molecule has 0 bridgehead atoms. The summed E-state index contributed by atoms with van der Waals surface area (Å²) in [5.41, 5.74) is 1.71. The lowest BCUT2D eigenvalue weighted by Gasteiger charge is -2.13. The summed E-state index contributed by atoms with van der Waals surface area (Å²) in [5.74, 6) is 0.279. The van der Waals surface area contributed by atoms with Gasteiger partial charge in [-0.1, -0.05) is 18.2 Å². The van der Waals surface area contributed by atoms with Crippen LogP contribution in [0.3, 0.4) is 0 Å². The number of hydrogen-bond donors (Lipinski definition) is 2. The number of carbonyl (C=O) groups is 2. The summed E-state index contributed by atoms with van der Waals surface area (Å²) in [6.07, 6.45) is 0. The molecule has 3 rings (SSSR count). The van der Waals surface area contributed by atoms with Crippen LogP contribution in [0.1, 0.15) is 29.8 Å². The second-order valence-electron chi connectivity index (χ2n) is 7.20. The predicted molar refractivity (Wildman–Crippen MR) is 127 cm³/mol. The normalized spacial score (nSPS) is 10.3. The first-order chi connectivity index (χ1) is 16.5. The molecule has 3 aromatic carbocycles. The molecule has 0 radical (unpaired) electrons. The van der Waals surface area contributed by atoms with Crippen molar-refractivity contribution in [2.24, 2.45) is 0 Å². The number of hydrogen-bond acceptors (Lipinski definition) is 5. The zero-order chi connectivity index (χ0) is 24.3. The summed E-state index contributed by atoms with van der Waals surface area (Å²) < 4.78 is 29.9. The van der Waals surface area contributed by atoms with Crippen molar-refractivity contribution in [3.05, 3.63) is 83.7 Å². The number of amides is 2. The van der Waals surface area contributed by atoms with E-state index in [4.69, 9.17) is 14.2 Å². The number of halogens is 1. The van der Waals surface area contributed by atoms with Crippen LogP contribution in [0.4, 0.5) is 10.1 Å². The fourth-order valence-corrected chi connectivity index (χ4v) is 3.12. The van der Waals surface area contributed by atoms with Crippen LogP contribution in [-0.4, -0.2) is 31.6 Å². The van der Waals surface area contributed by atoms with Crippen LogP contribution >= 0.6 is 0 Å². The van der Waals surface area contributed by atoms with Crippen molar-refractivity contribution in [3.63, 3.8) is 0 Å². The molecule has 178 valence electrons. The molecule has 0 aromatic heterocycles. The number of ether oxygens (including phenoxy) is 3. The van der Waals surface area contributed by atoms with Crippen molar-refractivity contribution >= 4 is 17.5 Å². The minimum Gasteiger partial charge on any atom is -0.490 e. The molecule has 34 heavy (non-hydrogen) atoms. The minimum atomic E-state index is -0.406. The third kappa shape index (κ3) is 7.23. The number of benzene rings is 3. The molecule has 3 aromatic rings. The summed E-state index contributed by atoms with van der Waals surface area (Å²) in [6.45, 7) is 4.62. The molecule has 0 saturated carbocycles. The van der Waals surface area contributed by atoms with E-state index >= 15 is 0 Å². The molecule has 0 aliphatic carbocycles. The topological polar surface area (TPSA) is 85.9 Å². The van der Waals surface area contributed by atoms with Gasteiger partial charge in [-0.2, -0.15) is 0 Å². The molecule has 0 unspecified atom stereocenters. The van der Waals surface area contributed by atoms with Crippen LogP contribution in [0.2, 0.25) is 0 Å². The third-order valence-corrected chi connectivity index (χ3v) is 4.63. The average Bonchev–Trinajstić information content (AvgIpc) is 2.83. The van der Waals surface area contributed by atoms with Gasteiger partial charge in [0.1, 0.15) is 18.2 Å². The van der Waals surface area contributed by atoms with Crippen molar-refractivity contribution in [1.82, 2.24) is 5.32 Å². The molecule has 0 spiro atoms. The van der Waals surface area contributed by atoms with Gasteiger partial charge < -0.3 is 24.8 Å². The average molecular weight is 467 g/mol. The molecule has 0 aliphatic rings. The standard InChI is InChI=1S/C26H27FN2O5/c1-3-32-23-12-11-19(14-24(23)33-4-2)26(31)28-16-25(30)29-21-9-5-7-18(13-21)17-34-22-10-6-8-20(27)15-22/h5-15H,3-4,16-17H2,1-2H3,(H,28,31)(H,29,30). The summed E-state index contributed by atoms with van der Waals surface area (Å²) in [7, 11) is 0. The minimum absolute atomic E-state index is 0.208. The van der Waals surface area contributed by atoms with E-state index in [9.17, 15) is 14.0 Å². The Bertz CT molecular complexity index is 1140. The van der Waals surface area contributed by atoms with Crippen LogP contribution in [0, 0.1) is 5.82 Å². The summed E-state index contributed by atoms with van der Waals surface area (Å²) in [6, 6.07) is 17.8. The Labute approximate surface area is 197 Å². The van der Waals surface area contributed by atoms with E-state index in [0.717, 1.165) is 5.56 Å². The number of anilines is 1. The first-order valence-corrected chi connectivity index (χ1v) is 10.9. The van der Waals surface area contributed by atoms with Gasteiger partial charge in [0.05, 0.1) is 19.8 Å². The van der Waals surface area contributed by atoms with Gasteiger partial charge in [0, 0.05) is 17.3 Å². The van der Waals surface area contributed by atoms with E-state index in [-0.39, 0.29) is 24.9 Å². The Morgan fingerprint density at radius 1 is 0.853 bits per heavy atom. The molecule has 7 nitrogen and oxygen atoms in total. The van der Waals surface area contributed by atoms with Crippen molar-refractivity contribution < 1.29 is 28.2 Å². The lowest BCUT2D eigenvalue weighted by molar-refractivity contribution is -0.115. The predicted octanol–water partition coefficient (Wildman–Crippen LogP) is 4.57. The fourth-order valence-electron chi connectivity index (χ4n) is 3.12. The Morgan fingerprint density at radius 3 is 2.38 bits per heavy atom. The third-order valence-electron chi connectivity index (χ3n) is 4.63. The lowest BCUT2D eigenvalue weighted by Crippen LogP contribution is -2.32. The first kappa shape index (κ1) is 24.6. The zero-order valence-electron chi connectivity index (χ0n) is 19.1. The van der Waals surface area contributed by atoms with Gasteiger partial charge in [0.2, 0.25) is 5.91 Å². The van der Waals surface area contributed by atoms with Crippen LogP contribution in [0.5, 0.6) is 17.2 Å². The van der Waals surface area contributed by atoms with Crippen molar-refractivity contribution in [2.45, 2.75) is 20.5 Å². The number of rotatable bonds is 11. The van der Waals surface area contributed by atoms with E-state index < -0.39 is 5.91 Å². The second kappa shape index (κ2) is 12.2. The van der Waals surface area contributed by atoms with Crippen LogP contribution < -0.4 is 24.8 Å². The molecular formula is C26H27FN2O5. The van der Waals surface area contributed by atoms with Gasteiger partial charge in [0.25, 0.3) is 5.91 Å². The quantitative estimate of drug-likeness (QED) is 0.432. The molecule has 2 N–H and O–H groups in total. The first-order valence-electron chi connectivity index (χ1n) is 10.9. The molecule has 0 fully saturated rings. The fraction of sp³-hybridized carbons (Fsp3) is 0.231. The molecule has 0 saturated heterocycles. The van der Waals surface area contributed by atoms with Crippen molar-refractivity contribution in [1.29, 1.82) is 0 Å². The molecule has 0 heterocycles. The van der Waals surface area contributed by atoms with Crippen molar-refractivity contribution in [2.75, 3.05) is 25.1 Å². The van der Waals surface area contributed by atoms with Gasteiger partial charge in [0.15, 0.2) is 11.5 Å². The highest BCUT2D eigenvalue weighted by molar-refractivity contribution is 5.99. The van der Waals surface area contributed by atoms with E-state index in [1.165, 1.54) is 12.1 Å². The van der Waals surface area contributed by atoms with Gasteiger partial charge in [-0.3, -0.25) is 9.59 Å². The van der Waals surface area contributed by atoms with Gasteiger partial charge >= 0.3 is 0 Å². The highest BCUT2D eigenvalue weighted by atomic mass is 19.1. The summed E-state index contributed by atoms with van der Waals surface area (Å²) >= 11 is 0. The molecule has 0 aliphatic heterocycles. The van der Waals surface area contributed by atoms with E-state index in [1.54, 1.807) is 48.5 Å². The smallest absolute Gasteiger partial charge is 0.251 e. The largest absolute Gasteiger partial charge is 0.490 e. The Hall–Kier alpha value is -4.07. The Kier molecular flexibility index (Phi) is 8.85. The molecule has 2 amide bonds. The van der Waals surface area contributed by atoms with E-state index in [0.29, 0.717) is 41.7 Å². The summed E-state index contributed by atoms with van der Waals surface area (Å²) in [4.78, 5) is 24.8. The van der Waals surface area contributed by atoms with Gasteiger partial charge in [-0.25, -0.2) is 4.39 Å². The highest BCUT2D eigenvalue weighted by Gasteiger charge is 2.13. The lowest BCUT2D eigenvalue weighted by atomic mass is 10.2. The van der Waals surface area contributed by atoms with Crippen molar-refractivity contribution in [3.8, 4) is 17.2 Å². The second-order valence-corrected chi connectivity index (χ2v) is 7.20. The van der Waals surface area contributed by atoms with E-state index in [1.807, 2.05) is 19.9 Å². The van der Waals surface area contributed by atoms with E-state index in [2.05, 4.69) is 10.6 Å². The Morgan fingerprint density at radius 2 is 1.62 bits per heavy atom. The summed E-state index contributed by atoms with van der Waals surface area (Å²) in [5, 5.41) is 5.34. The Balaban J connectivity index is 1.53.